The lowest BCUT2D eigenvalue weighted by molar-refractivity contribution is 1.28. The zero-order chi connectivity index (χ0) is 40.3. The Labute approximate surface area is 359 Å². The van der Waals surface area contributed by atoms with Crippen molar-refractivity contribution >= 4 is 81.5 Å². The number of hydrogen-bond acceptors (Lipinski definition) is 3. The third-order valence-corrected chi connectivity index (χ3v) is 13.5. The van der Waals surface area contributed by atoms with Crippen LogP contribution in [0.5, 0.6) is 0 Å². The molecule has 61 heavy (non-hydrogen) atoms. The van der Waals surface area contributed by atoms with Gasteiger partial charge in [-0.05, 0) is 115 Å². The van der Waals surface area contributed by atoms with Gasteiger partial charge in [-0.3, -0.25) is 4.99 Å². The zero-order valence-corrected chi connectivity index (χ0v) is 34.1. The normalized spacial score (nSPS) is 12.3. The fraction of sp³-hybridized carbons (Fsp3) is 0.0172. The number of thiophene rings is 1. The highest BCUT2D eigenvalue weighted by molar-refractivity contribution is 7.26. The van der Waals surface area contributed by atoms with E-state index in [1.165, 1.54) is 86.2 Å². The summed E-state index contributed by atoms with van der Waals surface area (Å²) >= 11 is 1.90. The molecule has 286 valence electrons. The topological polar surface area (TPSA) is 15.6 Å². The summed E-state index contributed by atoms with van der Waals surface area (Å²) in [6, 6.07) is 79.4. The molecule has 0 N–H and O–H groups in total. The second-order valence-electron chi connectivity index (χ2n) is 15.9. The first-order valence-electron chi connectivity index (χ1n) is 20.9. The second-order valence-corrected chi connectivity index (χ2v) is 16.9. The van der Waals surface area contributed by atoms with Crippen LogP contribution in [0, 0.1) is 0 Å². The Bertz CT molecular complexity index is 3470. The Hall–Kier alpha value is -7.59. The van der Waals surface area contributed by atoms with E-state index in [9.17, 15) is 0 Å². The molecule has 1 aliphatic rings. The molecule has 0 atom stereocenters. The van der Waals surface area contributed by atoms with E-state index >= 15 is 0 Å². The maximum atomic E-state index is 5.04. The zero-order valence-electron chi connectivity index (χ0n) is 33.3. The van der Waals surface area contributed by atoms with Crippen molar-refractivity contribution in [1.29, 1.82) is 0 Å². The third-order valence-electron chi connectivity index (χ3n) is 12.3. The van der Waals surface area contributed by atoms with Crippen LogP contribution >= 0.6 is 11.3 Å². The molecule has 0 saturated heterocycles. The van der Waals surface area contributed by atoms with Crippen molar-refractivity contribution in [2.45, 2.75) is 6.42 Å². The van der Waals surface area contributed by atoms with Crippen LogP contribution in [-0.2, 0) is 6.42 Å². The number of fused-ring (bicyclic) bond motifs is 7. The molecule has 0 bridgehead atoms. The van der Waals surface area contributed by atoms with Gasteiger partial charge < -0.3 is 4.90 Å². The van der Waals surface area contributed by atoms with Gasteiger partial charge in [-0.25, -0.2) is 0 Å². The van der Waals surface area contributed by atoms with Crippen LogP contribution in [0.4, 0.5) is 22.7 Å². The molecule has 0 spiro atoms. The van der Waals surface area contributed by atoms with Gasteiger partial charge in [0.2, 0.25) is 0 Å². The minimum Gasteiger partial charge on any atom is -0.311 e. The van der Waals surface area contributed by atoms with Crippen molar-refractivity contribution < 1.29 is 0 Å². The van der Waals surface area contributed by atoms with Gasteiger partial charge in [0.05, 0.1) is 11.4 Å². The summed E-state index contributed by atoms with van der Waals surface area (Å²) in [6.45, 7) is 0. The van der Waals surface area contributed by atoms with Gasteiger partial charge in [-0.15, -0.1) is 11.3 Å². The molecule has 3 heteroatoms. The average Bonchev–Trinajstić information content (AvgIpc) is 3.94. The van der Waals surface area contributed by atoms with Crippen LogP contribution in [0.25, 0.3) is 75.1 Å². The van der Waals surface area contributed by atoms with Crippen LogP contribution in [0.1, 0.15) is 11.1 Å². The molecule has 0 fully saturated rings. The van der Waals surface area contributed by atoms with E-state index in [1.54, 1.807) is 0 Å². The van der Waals surface area contributed by atoms with Crippen LogP contribution in [0.2, 0.25) is 0 Å². The van der Waals surface area contributed by atoms with Gasteiger partial charge in [0.15, 0.2) is 0 Å². The van der Waals surface area contributed by atoms with Crippen molar-refractivity contribution in [2.75, 3.05) is 4.90 Å². The SMILES string of the molecule is c1ccc(-c2ccc(N(c3ccccc3)c3ccc(-c4ccc5c(c4)sc4c6ccc(-c7ccc(C8=Nc9ccccc9C8)c8ccccc78)cc6ccc54)cc3)cc2)cc1. The van der Waals surface area contributed by atoms with E-state index < -0.39 is 0 Å². The van der Waals surface area contributed by atoms with Crippen molar-refractivity contribution in [3.05, 3.63) is 230 Å². The van der Waals surface area contributed by atoms with E-state index in [4.69, 9.17) is 4.99 Å². The van der Waals surface area contributed by atoms with Crippen LogP contribution < -0.4 is 4.90 Å². The fourth-order valence-corrected chi connectivity index (χ4v) is 10.5. The maximum absolute atomic E-state index is 5.04. The highest BCUT2D eigenvalue weighted by Gasteiger charge is 2.19. The molecule has 1 aliphatic heterocycles. The summed E-state index contributed by atoms with van der Waals surface area (Å²) in [5.41, 5.74) is 15.4. The van der Waals surface area contributed by atoms with Crippen molar-refractivity contribution in [2.24, 2.45) is 4.99 Å². The first-order chi connectivity index (χ1) is 30.2. The quantitative estimate of drug-likeness (QED) is 0.157. The van der Waals surface area contributed by atoms with Gasteiger partial charge in [-0.1, -0.05) is 164 Å². The second kappa shape index (κ2) is 14.6. The lowest BCUT2D eigenvalue weighted by Crippen LogP contribution is -2.09. The van der Waals surface area contributed by atoms with Gasteiger partial charge in [0.25, 0.3) is 0 Å². The third kappa shape index (κ3) is 6.21. The first-order valence-corrected chi connectivity index (χ1v) is 21.7. The molecule has 0 saturated carbocycles. The van der Waals surface area contributed by atoms with Gasteiger partial charge >= 0.3 is 0 Å². The van der Waals surface area contributed by atoms with Crippen LogP contribution in [0.3, 0.4) is 0 Å². The molecule has 0 aliphatic carbocycles. The largest absolute Gasteiger partial charge is 0.311 e. The van der Waals surface area contributed by atoms with Crippen molar-refractivity contribution in [1.82, 2.24) is 0 Å². The van der Waals surface area contributed by atoms with E-state index in [-0.39, 0.29) is 0 Å². The molecule has 2 nitrogen and oxygen atoms in total. The predicted octanol–water partition coefficient (Wildman–Crippen LogP) is 16.5. The predicted molar refractivity (Wildman–Crippen MR) is 262 cm³/mol. The Morgan fingerprint density at radius 1 is 0.377 bits per heavy atom. The van der Waals surface area contributed by atoms with Crippen molar-refractivity contribution in [3.63, 3.8) is 0 Å². The van der Waals surface area contributed by atoms with Crippen LogP contribution in [0.15, 0.2) is 223 Å². The summed E-state index contributed by atoms with van der Waals surface area (Å²) in [4.78, 5) is 7.37. The first kappa shape index (κ1) is 35.4. The molecule has 12 rings (SSSR count). The standard InChI is InChI=1S/C58H38N2S/c1-3-11-38(12-4-1)39-19-26-46(27-20-39)60(45-14-5-2-6-15-45)47-28-21-40(22-29-47)41-23-31-53-54-32-25-43-35-42(24-30-49(43)58(54)61-57(53)37-41)48-33-34-52(51-17-9-8-16-50(48)51)56-36-44-13-7-10-18-55(44)59-56/h1-35,37H,36H2. The van der Waals surface area contributed by atoms with Gasteiger partial charge in [0.1, 0.15) is 0 Å². The number of anilines is 3. The van der Waals surface area contributed by atoms with E-state index in [1.807, 2.05) is 11.3 Å². The average molecular weight is 795 g/mol. The summed E-state index contributed by atoms with van der Waals surface area (Å²) in [5.74, 6) is 0. The number of benzene rings is 10. The van der Waals surface area contributed by atoms with E-state index in [2.05, 4.69) is 223 Å². The highest BCUT2D eigenvalue weighted by Crippen LogP contribution is 2.43. The number of hydrogen-bond donors (Lipinski definition) is 0. The number of para-hydroxylation sites is 2. The van der Waals surface area contributed by atoms with E-state index in [0.29, 0.717) is 0 Å². The molecular formula is C58H38N2S. The number of nitrogens with zero attached hydrogens (tertiary/aromatic N) is 2. The maximum Gasteiger partial charge on any atom is 0.0669 e. The molecule has 2 heterocycles. The molecule has 11 aromatic rings. The molecule has 0 amide bonds. The van der Waals surface area contributed by atoms with Gasteiger partial charge in [-0.2, -0.15) is 0 Å². The Balaban J connectivity index is 0.862. The number of rotatable bonds is 7. The minimum atomic E-state index is 0.869. The highest BCUT2D eigenvalue weighted by atomic mass is 32.1. The number of aliphatic imine (C=N–C) groups is 1. The minimum absolute atomic E-state index is 0.869. The summed E-state index contributed by atoms with van der Waals surface area (Å²) in [7, 11) is 0. The lowest BCUT2D eigenvalue weighted by atomic mass is 9.91. The summed E-state index contributed by atoms with van der Waals surface area (Å²) in [6.07, 6.45) is 0.869. The summed E-state index contributed by atoms with van der Waals surface area (Å²) < 4.78 is 2.64. The lowest BCUT2D eigenvalue weighted by Gasteiger charge is -2.26. The Kier molecular flexibility index (Phi) is 8.46. The smallest absolute Gasteiger partial charge is 0.0669 e. The van der Waals surface area contributed by atoms with Gasteiger partial charge in [0, 0.05) is 49.2 Å². The molecule has 0 unspecified atom stereocenters. The Morgan fingerprint density at radius 3 is 1.69 bits per heavy atom. The molecule has 0 radical (unpaired) electrons. The van der Waals surface area contributed by atoms with E-state index in [0.717, 1.165) is 34.9 Å². The Morgan fingerprint density at radius 2 is 0.934 bits per heavy atom. The molecular weight excluding hydrogens is 757 g/mol. The fourth-order valence-electron chi connectivity index (χ4n) is 9.26. The molecule has 1 aromatic heterocycles. The monoisotopic (exact) mass is 794 g/mol. The van der Waals surface area contributed by atoms with Crippen molar-refractivity contribution in [3.8, 4) is 33.4 Å². The summed E-state index contributed by atoms with van der Waals surface area (Å²) in [5, 5.41) is 7.68. The molecule has 10 aromatic carbocycles. The van der Waals surface area contributed by atoms with Crippen LogP contribution in [-0.4, -0.2) is 5.71 Å².